The van der Waals surface area contributed by atoms with Crippen molar-refractivity contribution in [3.63, 3.8) is 0 Å². The van der Waals surface area contributed by atoms with Gasteiger partial charge in [-0.1, -0.05) is 11.6 Å². The van der Waals surface area contributed by atoms with Gasteiger partial charge >= 0.3 is 0 Å². The van der Waals surface area contributed by atoms with Gasteiger partial charge in [0, 0.05) is 6.20 Å². The van der Waals surface area contributed by atoms with Crippen LogP contribution >= 0.6 is 0 Å². The molecule has 0 unspecified atom stereocenters. The third kappa shape index (κ3) is 1.97. The molecule has 78 valence electrons. The normalized spacial score (nSPS) is 32.1. The molecular weight excluding hydrogens is 182 g/mol. The van der Waals surface area contributed by atoms with E-state index < -0.39 is 0 Å². The zero-order valence-corrected chi connectivity index (χ0v) is 9.02. The molecule has 15 heavy (non-hydrogen) atoms. The quantitative estimate of drug-likeness (QED) is 0.672. The number of hydrogen-bond donors (Lipinski definition) is 0. The minimum absolute atomic E-state index is 0.985. The first-order valence-electron chi connectivity index (χ1n) is 6.00. The molecule has 2 atom stereocenters. The number of allylic oxidation sites excluding steroid dienone is 1. The van der Waals surface area contributed by atoms with Gasteiger partial charge in [-0.05, 0) is 62.1 Å². The Bertz CT molecular complexity index is 352. The van der Waals surface area contributed by atoms with E-state index in [4.69, 9.17) is 0 Å². The first kappa shape index (κ1) is 9.14. The Hall–Kier alpha value is -1.11. The van der Waals surface area contributed by atoms with Crippen LogP contribution in [-0.2, 0) is 0 Å². The molecule has 1 heterocycles. The van der Waals surface area contributed by atoms with E-state index in [-0.39, 0.29) is 0 Å². The Labute approximate surface area is 91.2 Å². The topological polar surface area (TPSA) is 12.9 Å². The molecule has 2 saturated carbocycles. The number of nitrogens with zero attached hydrogens (tertiary/aromatic N) is 1. The summed E-state index contributed by atoms with van der Waals surface area (Å²) in [6, 6.07) is 6.15. The van der Waals surface area contributed by atoms with Gasteiger partial charge in [0.15, 0.2) is 0 Å². The van der Waals surface area contributed by atoms with Gasteiger partial charge in [-0.3, -0.25) is 4.98 Å². The molecule has 0 N–H and O–H groups in total. The molecule has 0 radical (unpaired) electrons. The summed E-state index contributed by atoms with van der Waals surface area (Å²) in [6.07, 6.45) is 11.3. The molecule has 0 aliphatic heterocycles. The fourth-order valence-corrected chi connectivity index (χ4v) is 3.16. The van der Waals surface area contributed by atoms with E-state index in [1.807, 2.05) is 12.3 Å². The number of pyridine rings is 1. The average molecular weight is 199 g/mol. The predicted octanol–water partition coefficient (Wildman–Crippen LogP) is 3.68. The van der Waals surface area contributed by atoms with Crippen LogP contribution in [0.4, 0.5) is 0 Å². The Morgan fingerprint density at radius 2 is 1.93 bits per heavy atom. The Morgan fingerprint density at radius 3 is 2.60 bits per heavy atom. The summed E-state index contributed by atoms with van der Waals surface area (Å²) in [6.45, 7) is 0. The van der Waals surface area contributed by atoms with E-state index in [2.05, 4.69) is 23.2 Å². The molecular formula is C14H17N. The standard InChI is InChI=1S/C14H17N/c1-2-6-15-14(3-1)10-13-8-11-4-5-12(7-11)9-13/h1-3,6,10-12H,4-5,7-9H2/t11-,12+. The first-order chi connectivity index (χ1) is 7.40. The van der Waals surface area contributed by atoms with Crippen LogP contribution in [0, 0.1) is 11.8 Å². The summed E-state index contributed by atoms with van der Waals surface area (Å²) in [5, 5.41) is 0. The fraction of sp³-hybridized carbons (Fsp3) is 0.500. The molecule has 1 nitrogen and oxygen atoms in total. The zero-order valence-electron chi connectivity index (χ0n) is 9.02. The van der Waals surface area contributed by atoms with Crippen molar-refractivity contribution in [3.8, 4) is 0 Å². The average Bonchev–Trinajstić information content (AvgIpc) is 2.60. The molecule has 2 aliphatic rings. The van der Waals surface area contributed by atoms with Gasteiger partial charge in [-0.2, -0.15) is 0 Å². The van der Waals surface area contributed by atoms with E-state index in [0.717, 1.165) is 17.5 Å². The lowest BCUT2D eigenvalue weighted by atomic mass is 9.85. The van der Waals surface area contributed by atoms with Crippen LogP contribution in [0.2, 0.25) is 0 Å². The van der Waals surface area contributed by atoms with Gasteiger partial charge < -0.3 is 0 Å². The van der Waals surface area contributed by atoms with Crippen molar-refractivity contribution >= 4 is 6.08 Å². The van der Waals surface area contributed by atoms with Gasteiger partial charge in [0.25, 0.3) is 0 Å². The predicted molar refractivity (Wildman–Crippen MR) is 62.3 cm³/mol. The van der Waals surface area contributed by atoms with E-state index in [1.165, 1.54) is 32.1 Å². The Morgan fingerprint density at radius 1 is 1.13 bits per heavy atom. The minimum Gasteiger partial charge on any atom is -0.257 e. The minimum atomic E-state index is 0.985. The summed E-state index contributed by atoms with van der Waals surface area (Å²) in [4.78, 5) is 4.37. The summed E-state index contributed by atoms with van der Waals surface area (Å²) in [7, 11) is 0. The second-order valence-electron chi connectivity index (χ2n) is 5.01. The fourth-order valence-electron chi connectivity index (χ4n) is 3.16. The maximum Gasteiger partial charge on any atom is 0.0629 e. The second kappa shape index (κ2) is 3.80. The molecule has 0 amide bonds. The highest BCUT2D eigenvalue weighted by atomic mass is 14.6. The summed E-state index contributed by atoms with van der Waals surface area (Å²) < 4.78 is 0. The third-order valence-corrected chi connectivity index (χ3v) is 3.79. The molecule has 2 fully saturated rings. The maximum atomic E-state index is 4.37. The molecule has 1 heteroatoms. The van der Waals surface area contributed by atoms with Crippen molar-refractivity contribution in [2.24, 2.45) is 11.8 Å². The van der Waals surface area contributed by atoms with E-state index in [0.29, 0.717) is 0 Å². The van der Waals surface area contributed by atoms with Crippen LogP contribution in [0.25, 0.3) is 6.08 Å². The van der Waals surface area contributed by atoms with Crippen molar-refractivity contribution in [1.29, 1.82) is 0 Å². The lowest BCUT2D eigenvalue weighted by Crippen LogP contribution is -2.07. The van der Waals surface area contributed by atoms with Crippen LogP contribution in [0.15, 0.2) is 30.0 Å². The molecule has 2 aliphatic carbocycles. The summed E-state index contributed by atoms with van der Waals surface area (Å²) in [5.74, 6) is 1.97. The number of hydrogen-bond acceptors (Lipinski definition) is 1. The monoisotopic (exact) mass is 199 g/mol. The van der Waals surface area contributed by atoms with Crippen LogP contribution in [-0.4, -0.2) is 4.98 Å². The van der Waals surface area contributed by atoms with Gasteiger partial charge in [-0.15, -0.1) is 0 Å². The Balaban J connectivity index is 1.80. The van der Waals surface area contributed by atoms with Crippen molar-refractivity contribution < 1.29 is 0 Å². The first-order valence-corrected chi connectivity index (χ1v) is 6.00. The second-order valence-corrected chi connectivity index (χ2v) is 5.01. The van der Waals surface area contributed by atoms with Gasteiger partial charge in [0.1, 0.15) is 0 Å². The zero-order chi connectivity index (χ0) is 10.1. The number of fused-ring (bicyclic) bond motifs is 2. The SMILES string of the molecule is C(=C1C[C@H]2CC[C@@H](C1)C2)c1ccccn1. The highest BCUT2D eigenvalue weighted by molar-refractivity contribution is 5.49. The lowest BCUT2D eigenvalue weighted by molar-refractivity contribution is 0.429. The van der Waals surface area contributed by atoms with Crippen LogP contribution < -0.4 is 0 Å². The van der Waals surface area contributed by atoms with E-state index in [9.17, 15) is 0 Å². The molecule has 1 aromatic heterocycles. The van der Waals surface area contributed by atoms with E-state index >= 15 is 0 Å². The lowest BCUT2D eigenvalue weighted by Gasteiger charge is -2.21. The maximum absolute atomic E-state index is 4.37. The molecule has 0 saturated heterocycles. The van der Waals surface area contributed by atoms with Crippen molar-refractivity contribution in [3.05, 3.63) is 35.7 Å². The molecule has 3 rings (SSSR count). The van der Waals surface area contributed by atoms with Crippen LogP contribution in [0.5, 0.6) is 0 Å². The van der Waals surface area contributed by atoms with Crippen molar-refractivity contribution in [2.45, 2.75) is 32.1 Å². The largest absolute Gasteiger partial charge is 0.257 e. The molecule has 2 bridgehead atoms. The van der Waals surface area contributed by atoms with Crippen molar-refractivity contribution in [1.82, 2.24) is 4.98 Å². The summed E-state index contributed by atoms with van der Waals surface area (Å²) >= 11 is 0. The third-order valence-electron chi connectivity index (χ3n) is 3.79. The van der Waals surface area contributed by atoms with Crippen LogP contribution in [0.1, 0.15) is 37.8 Å². The van der Waals surface area contributed by atoms with Gasteiger partial charge in [-0.25, -0.2) is 0 Å². The molecule has 0 spiro atoms. The van der Waals surface area contributed by atoms with Crippen molar-refractivity contribution in [2.75, 3.05) is 0 Å². The molecule has 1 aromatic rings. The highest BCUT2D eigenvalue weighted by Gasteiger charge is 2.30. The molecule has 0 aromatic carbocycles. The van der Waals surface area contributed by atoms with Crippen LogP contribution in [0.3, 0.4) is 0 Å². The summed E-state index contributed by atoms with van der Waals surface area (Å²) in [5.41, 5.74) is 2.77. The smallest absolute Gasteiger partial charge is 0.0629 e. The number of rotatable bonds is 1. The number of aromatic nitrogens is 1. The Kier molecular flexibility index (Phi) is 2.32. The van der Waals surface area contributed by atoms with E-state index in [1.54, 1.807) is 5.57 Å². The highest BCUT2D eigenvalue weighted by Crippen LogP contribution is 2.44. The van der Waals surface area contributed by atoms with Gasteiger partial charge in [0.05, 0.1) is 5.69 Å². The van der Waals surface area contributed by atoms with Gasteiger partial charge in [0.2, 0.25) is 0 Å².